The van der Waals surface area contributed by atoms with Crippen LogP contribution in [0, 0.1) is 0 Å². The van der Waals surface area contributed by atoms with Gasteiger partial charge in [0.2, 0.25) is 5.91 Å². The van der Waals surface area contributed by atoms with Gasteiger partial charge in [-0.1, -0.05) is 26.0 Å². The average molecular weight is 276 g/mol. The summed E-state index contributed by atoms with van der Waals surface area (Å²) in [6.07, 6.45) is 2.11. The third-order valence-electron chi connectivity index (χ3n) is 3.74. The molecule has 1 fully saturated rings. The summed E-state index contributed by atoms with van der Waals surface area (Å²) >= 11 is 0. The van der Waals surface area contributed by atoms with E-state index in [1.165, 1.54) is 5.56 Å². The fraction of sp³-hybridized carbons (Fsp3) is 0.562. The summed E-state index contributed by atoms with van der Waals surface area (Å²) in [5.74, 6) is 1.04. The number of hydrogen-bond donors (Lipinski definition) is 1. The number of hydrogen-bond acceptors (Lipinski definition) is 3. The van der Waals surface area contributed by atoms with Gasteiger partial charge < -0.3 is 15.0 Å². The Bertz CT molecular complexity index is 442. The summed E-state index contributed by atoms with van der Waals surface area (Å²) in [7, 11) is 1.66. The first-order chi connectivity index (χ1) is 9.61. The van der Waals surface area contributed by atoms with E-state index in [2.05, 4.69) is 31.3 Å². The molecule has 1 aliphatic heterocycles. The predicted molar refractivity (Wildman–Crippen MR) is 79.8 cm³/mol. The molecule has 0 aromatic heterocycles. The number of carbonyl (C=O) groups is 1. The molecular weight excluding hydrogens is 252 g/mol. The Kier molecular flexibility index (Phi) is 5.01. The Labute approximate surface area is 121 Å². The van der Waals surface area contributed by atoms with Crippen molar-refractivity contribution < 1.29 is 9.53 Å². The van der Waals surface area contributed by atoms with Crippen LogP contribution in [0.1, 0.15) is 38.3 Å². The van der Waals surface area contributed by atoms with E-state index in [0.29, 0.717) is 12.6 Å². The van der Waals surface area contributed by atoms with E-state index in [-0.39, 0.29) is 11.9 Å². The topological polar surface area (TPSA) is 41.6 Å². The number of methoxy groups -OCH3 is 1. The van der Waals surface area contributed by atoms with Crippen molar-refractivity contribution in [1.82, 2.24) is 10.2 Å². The molecule has 4 heteroatoms. The molecule has 0 saturated carbocycles. The zero-order valence-corrected chi connectivity index (χ0v) is 12.6. The van der Waals surface area contributed by atoms with Crippen molar-refractivity contribution in [3.05, 3.63) is 29.8 Å². The Morgan fingerprint density at radius 3 is 2.70 bits per heavy atom. The van der Waals surface area contributed by atoms with Gasteiger partial charge in [0.1, 0.15) is 5.75 Å². The number of nitrogens with zero attached hydrogens (tertiary/aromatic N) is 1. The molecule has 1 aliphatic rings. The molecule has 1 aromatic carbocycles. The lowest BCUT2D eigenvalue weighted by molar-refractivity contribution is -0.131. The van der Waals surface area contributed by atoms with Crippen molar-refractivity contribution in [3.63, 3.8) is 0 Å². The van der Waals surface area contributed by atoms with E-state index in [0.717, 1.165) is 25.1 Å². The second kappa shape index (κ2) is 6.75. The van der Waals surface area contributed by atoms with Crippen LogP contribution in [0.4, 0.5) is 0 Å². The summed E-state index contributed by atoms with van der Waals surface area (Å²) in [5.41, 5.74) is 1.20. The molecule has 1 amide bonds. The van der Waals surface area contributed by atoms with E-state index in [1.54, 1.807) is 7.11 Å². The number of ether oxygens (including phenoxy) is 1. The smallest absolute Gasteiger partial charge is 0.237 e. The lowest BCUT2D eigenvalue weighted by atomic mass is 10.0. The average Bonchev–Trinajstić information content (AvgIpc) is 2.94. The summed E-state index contributed by atoms with van der Waals surface area (Å²) in [6, 6.07) is 8.59. The maximum atomic E-state index is 12.3. The maximum absolute atomic E-state index is 12.3. The van der Waals surface area contributed by atoms with Crippen LogP contribution in [-0.4, -0.2) is 37.0 Å². The molecule has 0 bridgehead atoms. The van der Waals surface area contributed by atoms with Gasteiger partial charge >= 0.3 is 0 Å². The number of carbonyl (C=O) groups excluding carboxylic acids is 1. The predicted octanol–water partition coefficient (Wildman–Crippen LogP) is 2.36. The van der Waals surface area contributed by atoms with Crippen molar-refractivity contribution in [2.45, 2.75) is 38.8 Å². The Morgan fingerprint density at radius 2 is 2.10 bits per heavy atom. The van der Waals surface area contributed by atoms with Crippen molar-refractivity contribution in [2.24, 2.45) is 0 Å². The molecule has 1 aromatic rings. The highest BCUT2D eigenvalue weighted by molar-refractivity contribution is 5.79. The molecule has 0 spiro atoms. The van der Waals surface area contributed by atoms with Crippen LogP contribution in [0.5, 0.6) is 5.75 Å². The van der Waals surface area contributed by atoms with E-state index >= 15 is 0 Å². The zero-order chi connectivity index (χ0) is 14.5. The fourth-order valence-electron chi connectivity index (χ4n) is 2.63. The van der Waals surface area contributed by atoms with Gasteiger partial charge in [0.25, 0.3) is 0 Å². The number of likely N-dealkylation sites (tertiary alicyclic amines) is 1. The fourth-order valence-corrected chi connectivity index (χ4v) is 2.63. The highest BCUT2D eigenvalue weighted by atomic mass is 16.5. The standard InChI is InChI=1S/C16H24N2O2/c1-12(2)17-11-16(19)18-10-4-5-15(18)13-6-8-14(20-3)9-7-13/h6-9,12,15,17H,4-5,10-11H2,1-3H3. The van der Waals surface area contributed by atoms with Gasteiger partial charge in [0.05, 0.1) is 19.7 Å². The Hall–Kier alpha value is -1.55. The third-order valence-corrected chi connectivity index (χ3v) is 3.74. The molecule has 0 aliphatic carbocycles. The second-order valence-corrected chi connectivity index (χ2v) is 5.55. The number of benzene rings is 1. The minimum Gasteiger partial charge on any atom is -0.497 e. The van der Waals surface area contributed by atoms with Crippen molar-refractivity contribution in [2.75, 3.05) is 20.2 Å². The van der Waals surface area contributed by atoms with Gasteiger partial charge in [-0.15, -0.1) is 0 Å². The number of rotatable bonds is 5. The first-order valence-electron chi connectivity index (χ1n) is 7.28. The lowest BCUT2D eigenvalue weighted by Gasteiger charge is -2.26. The molecule has 1 unspecified atom stereocenters. The summed E-state index contributed by atoms with van der Waals surface area (Å²) in [4.78, 5) is 14.3. The van der Waals surface area contributed by atoms with Crippen molar-refractivity contribution in [3.8, 4) is 5.75 Å². The SMILES string of the molecule is COc1ccc(C2CCCN2C(=O)CNC(C)C)cc1. The monoisotopic (exact) mass is 276 g/mol. The molecule has 4 nitrogen and oxygen atoms in total. The van der Waals surface area contributed by atoms with Crippen LogP contribution in [0.25, 0.3) is 0 Å². The van der Waals surface area contributed by atoms with Crippen LogP contribution < -0.4 is 10.1 Å². The first-order valence-corrected chi connectivity index (χ1v) is 7.28. The molecule has 1 saturated heterocycles. The minimum atomic E-state index is 0.192. The van der Waals surface area contributed by atoms with Gasteiger partial charge in [-0.05, 0) is 30.5 Å². The molecule has 1 N–H and O–H groups in total. The largest absolute Gasteiger partial charge is 0.497 e. The molecule has 2 rings (SSSR count). The first kappa shape index (κ1) is 14.9. The normalized spacial score (nSPS) is 18.6. The van der Waals surface area contributed by atoms with Gasteiger partial charge in [0, 0.05) is 12.6 Å². The summed E-state index contributed by atoms with van der Waals surface area (Å²) in [5, 5.41) is 3.20. The molecule has 20 heavy (non-hydrogen) atoms. The summed E-state index contributed by atoms with van der Waals surface area (Å²) < 4.78 is 5.18. The number of nitrogens with one attached hydrogen (secondary N) is 1. The molecular formula is C16H24N2O2. The second-order valence-electron chi connectivity index (χ2n) is 5.55. The summed E-state index contributed by atoms with van der Waals surface area (Å²) in [6.45, 7) is 5.38. The quantitative estimate of drug-likeness (QED) is 0.897. The van der Waals surface area contributed by atoms with Crippen molar-refractivity contribution >= 4 is 5.91 Å². The van der Waals surface area contributed by atoms with Crippen LogP contribution in [0.2, 0.25) is 0 Å². The van der Waals surface area contributed by atoms with Gasteiger partial charge in [-0.3, -0.25) is 4.79 Å². The van der Waals surface area contributed by atoms with Crippen LogP contribution in [0.15, 0.2) is 24.3 Å². The van der Waals surface area contributed by atoms with E-state index < -0.39 is 0 Å². The van der Waals surface area contributed by atoms with Crippen LogP contribution >= 0.6 is 0 Å². The molecule has 110 valence electrons. The lowest BCUT2D eigenvalue weighted by Crippen LogP contribution is -2.39. The van der Waals surface area contributed by atoms with E-state index in [9.17, 15) is 4.79 Å². The van der Waals surface area contributed by atoms with Crippen LogP contribution in [0.3, 0.4) is 0 Å². The van der Waals surface area contributed by atoms with Crippen LogP contribution in [-0.2, 0) is 4.79 Å². The zero-order valence-electron chi connectivity index (χ0n) is 12.6. The van der Waals surface area contributed by atoms with E-state index in [4.69, 9.17) is 4.74 Å². The number of amides is 1. The van der Waals surface area contributed by atoms with Crippen molar-refractivity contribution in [1.29, 1.82) is 0 Å². The third kappa shape index (κ3) is 3.51. The maximum Gasteiger partial charge on any atom is 0.237 e. The highest BCUT2D eigenvalue weighted by Gasteiger charge is 2.29. The van der Waals surface area contributed by atoms with E-state index in [1.807, 2.05) is 17.0 Å². The Balaban J connectivity index is 2.04. The highest BCUT2D eigenvalue weighted by Crippen LogP contribution is 2.32. The van der Waals surface area contributed by atoms with Gasteiger partial charge in [-0.25, -0.2) is 0 Å². The molecule has 1 heterocycles. The minimum absolute atomic E-state index is 0.192. The Morgan fingerprint density at radius 1 is 1.40 bits per heavy atom. The van der Waals surface area contributed by atoms with Gasteiger partial charge in [-0.2, -0.15) is 0 Å². The molecule has 0 radical (unpaired) electrons. The van der Waals surface area contributed by atoms with Gasteiger partial charge in [0.15, 0.2) is 0 Å². The molecule has 1 atom stereocenters.